The molecular formula is C11H12BrNO2. The van der Waals surface area contributed by atoms with Gasteiger partial charge in [-0.3, -0.25) is 10.1 Å². The Morgan fingerprint density at radius 1 is 1.40 bits per heavy atom. The minimum Gasteiger partial charge on any atom is -0.258 e. The summed E-state index contributed by atoms with van der Waals surface area (Å²) in [6.07, 6.45) is 2.29. The smallest absolute Gasteiger partial charge is 0.258 e. The zero-order chi connectivity index (χ0) is 11.0. The van der Waals surface area contributed by atoms with Crippen LogP contribution < -0.4 is 0 Å². The summed E-state index contributed by atoms with van der Waals surface area (Å²) in [6.45, 7) is 2.21. The SMILES string of the molecule is CC1CC(c2cc(Br)cc([N+](=O)[O-])c2)C1. The molecule has 0 aliphatic heterocycles. The first kappa shape index (κ1) is 10.6. The van der Waals surface area contributed by atoms with Gasteiger partial charge in [0.1, 0.15) is 0 Å². The van der Waals surface area contributed by atoms with Crippen molar-refractivity contribution in [1.29, 1.82) is 0 Å². The van der Waals surface area contributed by atoms with E-state index in [2.05, 4.69) is 22.9 Å². The highest BCUT2D eigenvalue weighted by molar-refractivity contribution is 9.10. The quantitative estimate of drug-likeness (QED) is 0.604. The van der Waals surface area contributed by atoms with Crippen molar-refractivity contribution in [1.82, 2.24) is 0 Å². The molecule has 1 aliphatic carbocycles. The predicted molar refractivity (Wildman–Crippen MR) is 61.9 cm³/mol. The summed E-state index contributed by atoms with van der Waals surface area (Å²) in [4.78, 5) is 10.3. The van der Waals surface area contributed by atoms with Crippen molar-refractivity contribution in [2.45, 2.75) is 25.7 Å². The topological polar surface area (TPSA) is 43.1 Å². The van der Waals surface area contributed by atoms with Crippen LogP contribution in [-0.2, 0) is 0 Å². The molecule has 0 bridgehead atoms. The first-order valence-electron chi connectivity index (χ1n) is 5.01. The molecule has 2 rings (SSSR count). The molecular weight excluding hydrogens is 258 g/mol. The third-order valence-electron chi connectivity index (χ3n) is 2.96. The average Bonchev–Trinajstić information content (AvgIpc) is 2.12. The third kappa shape index (κ3) is 2.20. The molecule has 80 valence electrons. The van der Waals surface area contributed by atoms with Gasteiger partial charge in [0.2, 0.25) is 0 Å². The van der Waals surface area contributed by atoms with Crippen molar-refractivity contribution in [2.24, 2.45) is 5.92 Å². The number of nitrogens with zero attached hydrogens (tertiary/aromatic N) is 1. The molecule has 0 heterocycles. The van der Waals surface area contributed by atoms with E-state index in [0.29, 0.717) is 5.92 Å². The molecule has 1 aromatic rings. The average molecular weight is 270 g/mol. The number of halogens is 1. The van der Waals surface area contributed by atoms with Gasteiger partial charge in [-0.25, -0.2) is 0 Å². The fourth-order valence-corrected chi connectivity index (χ4v) is 2.61. The molecule has 0 N–H and O–H groups in total. The molecule has 0 spiro atoms. The fourth-order valence-electron chi connectivity index (χ4n) is 2.11. The predicted octanol–water partition coefficient (Wildman–Crippen LogP) is 3.87. The van der Waals surface area contributed by atoms with Gasteiger partial charge in [-0.2, -0.15) is 0 Å². The van der Waals surface area contributed by atoms with E-state index in [4.69, 9.17) is 0 Å². The van der Waals surface area contributed by atoms with Gasteiger partial charge in [-0.15, -0.1) is 0 Å². The zero-order valence-corrected chi connectivity index (χ0v) is 10.0. The molecule has 1 fully saturated rings. The first-order chi connectivity index (χ1) is 7.06. The molecule has 0 radical (unpaired) electrons. The van der Waals surface area contributed by atoms with Crippen LogP contribution in [0.1, 0.15) is 31.2 Å². The van der Waals surface area contributed by atoms with Crippen LogP contribution in [-0.4, -0.2) is 4.92 Å². The summed E-state index contributed by atoms with van der Waals surface area (Å²) in [5.74, 6) is 1.27. The molecule has 1 saturated carbocycles. The van der Waals surface area contributed by atoms with E-state index < -0.39 is 0 Å². The van der Waals surface area contributed by atoms with Crippen molar-refractivity contribution in [3.8, 4) is 0 Å². The van der Waals surface area contributed by atoms with Crippen LogP contribution in [0.25, 0.3) is 0 Å². The second kappa shape index (κ2) is 3.93. The van der Waals surface area contributed by atoms with Crippen LogP contribution in [0.5, 0.6) is 0 Å². The standard InChI is InChI=1S/C11H12BrNO2/c1-7-2-8(3-7)9-4-10(12)6-11(5-9)13(14)15/h4-8H,2-3H2,1H3. The highest BCUT2D eigenvalue weighted by atomic mass is 79.9. The Bertz CT molecular complexity index is 400. The Morgan fingerprint density at radius 3 is 2.60 bits per heavy atom. The number of nitro benzene ring substituents is 1. The maximum Gasteiger partial charge on any atom is 0.270 e. The van der Waals surface area contributed by atoms with Crippen LogP contribution in [0.15, 0.2) is 22.7 Å². The maximum absolute atomic E-state index is 10.7. The lowest BCUT2D eigenvalue weighted by molar-refractivity contribution is -0.385. The normalized spacial score (nSPS) is 24.7. The Balaban J connectivity index is 2.28. The van der Waals surface area contributed by atoms with Gasteiger partial charge in [0.25, 0.3) is 5.69 Å². The van der Waals surface area contributed by atoms with E-state index in [-0.39, 0.29) is 10.6 Å². The number of nitro groups is 1. The van der Waals surface area contributed by atoms with Gasteiger partial charge in [0.15, 0.2) is 0 Å². The lowest BCUT2D eigenvalue weighted by Crippen LogP contribution is -2.18. The van der Waals surface area contributed by atoms with E-state index >= 15 is 0 Å². The van der Waals surface area contributed by atoms with Crippen molar-refractivity contribution < 1.29 is 4.92 Å². The summed E-state index contributed by atoms with van der Waals surface area (Å²) < 4.78 is 0.797. The summed E-state index contributed by atoms with van der Waals surface area (Å²) in [6, 6.07) is 5.23. The highest BCUT2D eigenvalue weighted by Gasteiger charge is 2.28. The van der Waals surface area contributed by atoms with Crippen LogP contribution >= 0.6 is 15.9 Å². The monoisotopic (exact) mass is 269 g/mol. The van der Waals surface area contributed by atoms with Gasteiger partial charge in [0, 0.05) is 16.6 Å². The summed E-state index contributed by atoms with van der Waals surface area (Å²) >= 11 is 3.31. The van der Waals surface area contributed by atoms with Gasteiger partial charge in [-0.1, -0.05) is 22.9 Å². The molecule has 1 aromatic carbocycles. The van der Waals surface area contributed by atoms with E-state index in [1.807, 2.05) is 6.07 Å². The Labute approximate surface area is 96.8 Å². The van der Waals surface area contributed by atoms with Crippen LogP contribution in [0, 0.1) is 16.0 Å². The second-order valence-corrected chi connectivity index (χ2v) is 5.19. The summed E-state index contributed by atoms with van der Waals surface area (Å²) in [5, 5.41) is 10.7. The summed E-state index contributed by atoms with van der Waals surface area (Å²) in [5.41, 5.74) is 1.27. The molecule has 0 amide bonds. The van der Waals surface area contributed by atoms with Gasteiger partial charge < -0.3 is 0 Å². The molecule has 4 heteroatoms. The zero-order valence-electron chi connectivity index (χ0n) is 8.44. The van der Waals surface area contributed by atoms with Crippen molar-refractivity contribution >= 4 is 21.6 Å². The number of hydrogen-bond acceptors (Lipinski definition) is 2. The molecule has 0 atom stereocenters. The van der Waals surface area contributed by atoms with E-state index in [1.165, 1.54) is 0 Å². The molecule has 0 unspecified atom stereocenters. The molecule has 0 saturated heterocycles. The van der Waals surface area contributed by atoms with Crippen molar-refractivity contribution in [3.05, 3.63) is 38.3 Å². The second-order valence-electron chi connectivity index (χ2n) is 4.27. The Kier molecular flexibility index (Phi) is 2.78. The lowest BCUT2D eigenvalue weighted by Gasteiger charge is -2.33. The van der Waals surface area contributed by atoms with Crippen molar-refractivity contribution in [2.75, 3.05) is 0 Å². The largest absolute Gasteiger partial charge is 0.270 e. The number of hydrogen-bond donors (Lipinski definition) is 0. The van der Waals surface area contributed by atoms with E-state index in [0.717, 1.165) is 28.8 Å². The molecule has 3 nitrogen and oxygen atoms in total. The molecule has 15 heavy (non-hydrogen) atoms. The van der Waals surface area contributed by atoms with E-state index in [1.54, 1.807) is 12.1 Å². The fraction of sp³-hybridized carbons (Fsp3) is 0.455. The van der Waals surface area contributed by atoms with Gasteiger partial charge in [0.05, 0.1) is 4.92 Å². The minimum absolute atomic E-state index is 0.180. The highest BCUT2D eigenvalue weighted by Crippen LogP contribution is 2.42. The molecule has 0 aromatic heterocycles. The number of rotatable bonds is 2. The number of benzene rings is 1. The molecule has 1 aliphatic rings. The van der Waals surface area contributed by atoms with Crippen LogP contribution in [0.2, 0.25) is 0 Å². The third-order valence-corrected chi connectivity index (χ3v) is 3.42. The maximum atomic E-state index is 10.7. The first-order valence-corrected chi connectivity index (χ1v) is 5.80. The van der Waals surface area contributed by atoms with Gasteiger partial charge >= 0.3 is 0 Å². The summed E-state index contributed by atoms with van der Waals surface area (Å²) in [7, 11) is 0. The van der Waals surface area contributed by atoms with Crippen LogP contribution in [0.3, 0.4) is 0 Å². The Morgan fingerprint density at radius 2 is 2.07 bits per heavy atom. The Hall–Kier alpha value is -0.900. The number of non-ortho nitro benzene ring substituents is 1. The van der Waals surface area contributed by atoms with Crippen LogP contribution in [0.4, 0.5) is 5.69 Å². The van der Waals surface area contributed by atoms with E-state index in [9.17, 15) is 10.1 Å². The lowest BCUT2D eigenvalue weighted by atomic mass is 9.72. The van der Waals surface area contributed by atoms with Gasteiger partial charge in [-0.05, 0) is 36.3 Å². The minimum atomic E-state index is -0.337. The van der Waals surface area contributed by atoms with Crippen molar-refractivity contribution in [3.63, 3.8) is 0 Å².